The molecule has 2 aromatic rings. The number of nitrogens with zero attached hydrogens (tertiary/aromatic N) is 1. The fourth-order valence-corrected chi connectivity index (χ4v) is 2.18. The van der Waals surface area contributed by atoms with Crippen LogP contribution in [0.2, 0.25) is 0 Å². The van der Waals surface area contributed by atoms with Crippen LogP contribution in [-0.2, 0) is 9.84 Å². The minimum absolute atomic E-state index is 0.113. The summed E-state index contributed by atoms with van der Waals surface area (Å²) in [6.45, 7) is 1.92. The Morgan fingerprint density at radius 1 is 1.00 bits per heavy atom. The molecule has 1 heterocycles. The Morgan fingerprint density at radius 2 is 1.65 bits per heavy atom. The summed E-state index contributed by atoms with van der Waals surface area (Å²) >= 11 is 0. The Morgan fingerprint density at radius 3 is 2.24 bits per heavy atom. The minimum atomic E-state index is -3.26. The summed E-state index contributed by atoms with van der Waals surface area (Å²) in [4.78, 5) is 4.23. The molecule has 88 valence electrons. The molecule has 2 rings (SSSR count). The van der Waals surface area contributed by atoms with Crippen molar-refractivity contribution in [1.29, 1.82) is 0 Å². The number of aromatic nitrogens is 1. The summed E-state index contributed by atoms with van der Waals surface area (Å²) in [7, 11) is -3.26. The van der Waals surface area contributed by atoms with Crippen molar-refractivity contribution in [2.24, 2.45) is 0 Å². The number of pyridine rings is 1. The van der Waals surface area contributed by atoms with E-state index in [4.69, 9.17) is 0 Å². The Bertz CT molecular complexity index is 634. The van der Waals surface area contributed by atoms with E-state index in [0.717, 1.165) is 11.1 Å². The Kier molecular flexibility index (Phi) is 2.98. The maximum Gasteiger partial charge on any atom is 0.192 e. The van der Waals surface area contributed by atoms with Crippen LogP contribution in [0.15, 0.2) is 47.5 Å². The third-order valence-corrected chi connectivity index (χ3v) is 3.49. The predicted octanol–water partition coefficient (Wildman–Crippen LogP) is 2.46. The first-order valence-corrected chi connectivity index (χ1v) is 7.11. The molecule has 0 atom stereocenters. The molecule has 0 aliphatic carbocycles. The van der Waals surface area contributed by atoms with Crippen LogP contribution in [0.5, 0.6) is 0 Å². The number of hydrogen-bond acceptors (Lipinski definition) is 3. The van der Waals surface area contributed by atoms with E-state index in [-0.39, 0.29) is 5.03 Å². The van der Waals surface area contributed by atoms with Gasteiger partial charge in [0.2, 0.25) is 0 Å². The highest BCUT2D eigenvalue weighted by molar-refractivity contribution is 7.90. The second kappa shape index (κ2) is 4.30. The standard InChI is InChI=1S/C13H13NO2S/c1-10-8-9-12(17(2,15)16)14-13(10)11-6-4-3-5-7-11/h3-9H,1-2H3. The highest BCUT2D eigenvalue weighted by Gasteiger charge is 2.12. The monoisotopic (exact) mass is 247 g/mol. The van der Waals surface area contributed by atoms with Crippen molar-refractivity contribution in [2.75, 3.05) is 6.26 Å². The first kappa shape index (κ1) is 11.8. The van der Waals surface area contributed by atoms with Crippen LogP contribution in [0, 0.1) is 6.92 Å². The van der Waals surface area contributed by atoms with Crippen molar-refractivity contribution >= 4 is 9.84 Å². The van der Waals surface area contributed by atoms with Gasteiger partial charge >= 0.3 is 0 Å². The summed E-state index contributed by atoms with van der Waals surface area (Å²) in [5, 5.41) is 0.113. The zero-order chi connectivity index (χ0) is 12.5. The number of aryl methyl sites for hydroxylation is 1. The van der Waals surface area contributed by atoms with Crippen LogP contribution in [0.25, 0.3) is 11.3 Å². The molecule has 0 radical (unpaired) electrons. The zero-order valence-corrected chi connectivity index (χ0v) is 10.5. The van der Waals surface area contributed by atoms with Gasteiger partial charge in [-0.15, -0.1) is 0 Å². The van der Waals surface area contributed by atoms with E-state index in [2.05, 4.69) is 4.98 Å². The summed E-state index contributed by atoms with van der Waals surface area (Å²) in [5.41, 5.74) is 2.60. The maximum atomic E-state index is 11.5. The zero-order valence-electron chi connectivity index (χ0n) is 9.71. The molecular formula is C13H13NO2S. The topological polar surface area (TPSA) is 47.0 Å². The molecule has 0 N–H and O–H groups in total. The quantitative estimate of drug-likeness (QED) is 0.819. The van der Waals surface area contributed by atoms with Crippen LogP contribution in [0.4, 0.5) is 0 Å². The van der Waals surface area contributed by atoms with E-state index < -0.39 is 9.84 Å². The van der Waals surface area contributed by atoms with Gasteiger partial charge in [-0.1, -0.05) is 36.4 Å². The average Bonchev–Trinajstić information content (AvgIpc) is 2.29. The summed E-state index contributed by atoms with van der Waals surface area (Å²) < 4.78 is 22.9. The highest BCUT2D eigenvalue weighted by atomic mass is 32.2. The van der Waals surface area contributed by atoms with Crippen LogP contribution >= 0.6 is 0 Å². The predicted molar refractivity (Wildman–Crippen MR) is 67.5 cm³/mol. The van der Waals surface area contributed by atoms with Crippen molar-refractivity contribution in [1.82, 2.24) is 4.98 Å². The van der Waals surface area contributed by atoms with Crippen molar-refractivity contribution in [2.45, 2.75) is 11.9 Å². The SMILES string of the molecule is Cc1ccc(S(C)(=O)=O)nc1-c1ccccc1. The van der Waals surface area contributed by atoms with E-state index in [1.165, 1.54) is 12.3 Å². The third kappa shape index (κ3) is 2.53. The number of rotatable bonds is 2. The fraction of sp³-hybridized carbons (Fsp3) is 0.154. The second-order valence-corrected chi connectivity index (χ2v) is 5.92. The van der Waals surface area contributed by atoms with Gasteiger partial charge in [0, 0.05) is 11.8 Å². The lowest BCUT2D eigenvalue weighted by Crippen LogP contribution is -2.02. The van der Waals surface area contributed by atoms with Gasteiger partial charge in [0.25, 0.3) is 0 Å². The van der Waals surface area contributed by atoms with Gasteiger partial charge in [0.15, 0.2) is 14.9 Å². The Balaban J connectivity index is 2.63. The molecule has 0 aliphatic heterocycles. The molecule has 0 unspecified atom stereocenters. The van der Waals surface area contributed by atoms with Crippen molar-refractivity contribution in [3.05, 3.63) is 48.0 Å². The normalized spacial score (nSPS) is 11.4. The lowest BCUT2D eigenvalue weighted by molar-refractivity contribution is 0.598. The first-order chi connectivity index (χ1) is 7.98. The van der Waals surface area contributed by atoms with Gasteiger partial charge in [-0.25, -0.2) is 13.4 Å². The van der Waals surface area contributed by atoms with E-state index >= 15 is 0 Å². The Labute approximate surface area is 101 Å². The molecule has 0 saturated heterocycles. The van der Waals surface area contributed by atoms with E-state index in [0.29, 0.717) is 5.69 Å². The fourth-order valence-electron chi connectivity index (χ4n) is 1.61. The first-order valence-electron chi connectivity index (χ1n) is 5.21. The molecule has 0 aliphatic rings. The second-order valence-electron chi connectivity index (χ2n) is 3.95. The van der Waals surface area contributed by atoms with Crippen LogP contribution in [0.3, 0.4) is 0 Å². The molecule has 0 spiro atoms. The van der Waals surface area contributed by atoms with Gasteiger partial charge < -0.3 is 0 Å². The van der Waals surface area contributed by atoms with Gasteiger partial charge in [0.05, 0.1) is 5.69 Å². The molecule has 0 amide bonds. The third-order valence-electron chi connectivity index (χ3n) is 2.50. The summed E-state index contributed by atoms with van der Waals surface area (Å²) in [6, 6.07) is 12.9. The molecule has 4 heteroatoms. The smallest absolute Gasteiger partial charge is 0.192 e. The van der Waals surface area contributed by atoms with Crippen LogP contribution < -0.4 is 0 Å². The molecular weight excluding hydrogens is 234 g/mol. The molecule has 0 bridgehead atoms. The lowest BCUT2D eigenvalue weighted by Gasteiger charge is -2.06. The minimum Gasteiger partial charge on any atom is -0.236 e. The van der Waals surface area contributed by atoms with E-state index in [1.54, 1.807) is 6.07 Å². The van der Waals surface area contributed by atoms with Gasteiger partial charge in [-0.2, -0.15) is 0 Å². The van der Waals surface area contributed by atoms with Gasteiger partial charge in [0.1, 0.15) is 0 Å². The lowest BCUT2D eigenvalue weighted by atomic mass is 10.1. The molecule has 0 fully saturated rings. The summed E-state index contributed by atoms with van der Waals surface area (Å²) in [5.74, 6) is 0. The van der Waals surface area contributed by atoms with E-state index in [9.17, 15) is 8.42 Å². The summed E-state index contributed by atoms with van der Waals surface area (Å²) in [6.07, 6.45) is 1.17. The maximum absolute atomic E-state index is 11.5. The Hall–Kier alpha value is -1.68. The van der Waals surface area contributed by atoms with Crippen LogP contribution in [0.1, 0.15) is 5.56 Å². The molecule has 0 saturated carbocycles. The van der Waals surface area contributed by atoms with Crippen LogP contribution in [-0.4, -0.2) is 19.7 Å². The van der Waals surface area contributed by atoms with E-state index in [1.807, 2.05) is 37.3 Å². The highest BCUT2D eigenvalue weighted by Crippen LogP contribution is 2.22. The number of hydrogen-bond donors (Lipinski definition) is 0. The van der Waals surface area contributed by atoms with Gasteiger partial charge in [-0.05, 0) is 18.6 Å². The van der Waals surface area contributed by atoms with Crippen molar-refractivity contribution in [3.63, 3.8) is 0 Å². The van der Waals surface area contributed by atoms with Crippen molar-refractivity contribution < 1.29 is 8.42 Å². The molecule has 1 aromatic heterocycles. The van der Waals surface area contributed by atoms with Crippen molar-refractivity contribution in [3.8, 4) is 11.3 Å². The molecule has 1 aromatic carbocycles. The largest absolute Gasteiger partial charge is 0.236 e. The van der Waals surface area contributed by atoms with Gasteiger partial charge in [-0.3, -0.25) is 0 Å². The molecule has 3 nitrogen and oxygen atoms in total. The molecule has 17 heavy (non-hydrogen) atoms. The number of benzene rings is 1. The average molecular weight is 247 g/mol. The number of sulfone groups is 1.